The van der Waals surface area contributed by atoms with Gasteiger partial charge in [-0.25, -0.2) is 19.9 Å². The first-order valence-electron chi connectivity index (χ1n) is 10.2. The van der Waals surface area contributed by atoms with Crippen LogP contribution < -0.4 is 10.6 Å². The number of anilines is 2. The molecule has 0 aliphatic carbocycles. The van der Waals surface area contributed by atoms with Crippen LogP contribution in [0.5, 0.6) is 0 Å². The van der Waals surface area contributed by atoms with E-state index in [-0.39, 0.29) is 5.95 Å². The molecule has 2 N–H and O–H groups in total. The lowest BCUT2D eigenvalue weighted by Crippen LogP contribution is -2.37. The fraction of sp³-hybridized carbons (Fsp3) is 0.227. The first kappa shape index (κ1) is 22.4. The van der Waals surface area contributed by atoms with E-state index in [1.165, 1.54) is 5.56 Å². The average Bonchev–Trinajstić information content (AvgIpc) is 2.84. The SMILES string of the molecule is Cc1cccc(-c2cnc3c(N4CCOCC4)nc(-c4cnc(N)nc4)nc3c2)c1.O=S=O. The number of nitrogen functional groups attached to an aromatic ring is 1. The first-order valence-corrected chi connectivity index (χ1v) is 10.8. The Balaban J connectivity index is 0.000000821. The molecule has 0 radical (unpaired) electrons. The Morgan fingerprint density at radius 1 is 0.939 bits per heavy atom. The summed E-state index contributed by atoms with van der Waals surface area (Å²) in [5.74, 6) is 1.56. The second kappa shape index (κ2) is 10.2. The van der Waals surface area contributed by atoms with Crippen molar-refractivity contribution in [3.8, 4) is 22.5 Å². The monoisotopic (exact) mass is 463 g/mol. The van der Waals surface area contributed by atoms with E-state index >= 15 is 0 Å². The molecule has 5 rings (SSSR count). The zero-order valence-corrected chi connectivity index (χ0v) is 18.7. The summed E-state index contributed by atoms with van der Waals surface area (Å²) in [6.07, 6.45) is 5.17. The van der Waals surface area contributed by atoms with Crippen LogP contribution in [0.3, 0.4) is 0 Å². The van der Waals surface area contributed by atoms with Crippen molar-refractivity contribution in [2.24, 2.45) is 0 Å². The molecule has 0 spiro atoms. The van der Waals surface area contributed by atoms with E-state index in [0.29, 0.717) is 24.6 Å². The molecule has 10 nitrogen and oxygen atoms in total. The topological polar surface area (TPSA) is 137 Å². The predicted molar refractivity (Wildman–Crippen MR) is 125 cm³/mol. The molecule has 11 heteroatoms. The van der Waals surface area contributed by atoms with Crippen LogP contribution >= 0.6 is 0 Å². The molecule has 0 saturated carbocycles. The van der Waals surface area contributed by atoms with Crippen LogP contribution in [0, 0.1) is 6.92 Å². The van der Waals surface area contributed by atoms with Gasteiger partial charge in [0.1, 0.15) is 5.52 Å². The van der Waals surface area contributed by atoms with Crippen molar-refractivity contribution < 1.29 is 13.2 Å². The lowest BCUT2D eigenvalue weighted by molar-refractivity contribution is 0.122. The largest absolute Gasteiger partial charge is 0.378 e. The number of hydrogen-bond acceptors (Lipinski definition) is 10. The Bertz CT molecular complexity index is 1310. The molecule has 0 bridgehead atoms. The average molecular weight is 464 g/mol. The van der Waals surface area contributed by atoms with Gasteiger partial charge in [-0.05, 0) is 18.6 Å². The number of nitrogens with zero attached hydrogens (tertiary/aromatic N) is 6. The number of hydrogen-bond donors (Lipinski definition) is 1. The van der Waals surface area contributed by atoms with E-state index in [1.54, 1.807) is 12.4 Å². The second-order valence-electron chi connectivity index (χ2n) is 7.33. The smallest absolute Gasteiger partial charge is 0.335 e. The highest BCUT2D eigenvalue weighted by molar-refractivity contribution is 7.51. The minimum atomic E-state index is -0.750. The van der Waals surface area contributed by atoms with Gasteiger partial charge in [0.05, 0.1) is 24.3 Å². The van der Waals surface area contributed by atoms with Crippen LogP contribution in [0.2, 0.25) is 0 Å². The molecule has 168 valence electrons. The highest BCUT2D eigenvalue weighted by Crippen LogP contribution is 2.29. The van der Waals surface area contributed by atoms with Crippen LogP contribution in [-0.2, 0) is 16.3 Å². The summed E-state index contributed by atoms with van der Waals surface area (Å²) in [5.41, 5.74) is 11.2. The van der Waals surface area contributed by atoms with Crippen LogP contribution in [0.15, 0.2) is 48.9 Å². The quantitative estimate of drug-likeness (QED) is 0.481. The van der Waals surface area contributed by atoms with Crippen molar-refractivity contribution in [1.82, 2.24) is 24.9 Å². The van der Waals surface area contributed by atoms with Gasteiger partial charge in [0, 0.05) is 37.2 Å². The van der Waals surface area contributed by atoms with Crippen molar-refractivity contribution in [2.75, 3.05) is 36.9 Å². The zero-order chi connectivity index (χ0) is 23.2. The molecule has 1 aliphatic rings. The number of rotatable bonds is 3. The van der Waals surface area contributed by atoms with Gasteiger partial charge >= 0.3 is 11.6 Å². The molecule has 0 unspecified atom stereocenters. The van der Waals surface area contributed by atoms with E-state index in [9.17, 15) is 0 Å². The third kappa shape index (κ3) is 5.16. The highest BCUT2D eigenvalue weighted by atomic mass is 32.1. The number of ether oxygens (including phenoxy) is 1. The lowest BCUT2D eigenvalue weighted by atomic mass is 10.0. The standard InChI is InChI=1S/C22H21N7O.O2S/c1-14-3-2-4-15(9-14)16-10-18-19(24-11-16)21(29-5-7-30-8-6-29)28-20(27-18)17-12-25-22(23)26-13-17;1-3-2/h2-4,9-13H,5-8H2,1H3,(H2,23,25,26);. The molecule has 1 saturated heterocycles. The van der Waals surface area contributed by atoms with Crippen LogP contribution in [0.4, 0.5) is 11.8 Å². The number of fused-ring (bicyclic) bond motifs is 1. The summed E-state index contributed by atoms with van der Waals surface area (Å²) in [5, 5.41) is 0. The zero-order valence-electron chi connectivity index (χ0n) is 17.8. The Morgan fingerprint density at radius 2 is 1.64 bits per heavy atom. The third-order valence-corrected chi connectivity index (χ3v) is 5.11. The lowest BCUT2D eigenvalue weighted by Gasteiger charge is -2.28. The maximum Gasteiger partial charge on any atom is 0.335 e. The van der Waals surface area contributed by atoms with Gasteiger partial charge in [-0.15, -0.1) is 0 Å². The Kier molecular flexibility index (Phi) is 6.91. The minimum Gasteiger partial charge on any atom is -0.378 e. The van der Waals surface area contributed by atoms with Gasteiger partial charge in [0.15, 0.2) is 11.6 Å². The van der Waals surface area contributed by atoms with Gasteiger partial charge in [0.2, 0.25) is 5.95 Å². The normalized spacial score (nSPS) is 13.3. The molecule has 1 fully saturated rings. The molecule has 0 atom stereocenters. The van der Waals surface area contributed by atoms with Crippen molar-refractivity contribution in [3.63, 3.8) is 0 Å². The van der Waals surface area contributed by atoms with Crippen molar-refractivity contribution in [2.45, 2.75) is 6.92 Å². The number of benzene rings is 1. The summed E-state index contributed by atoms with van der Waals surface area (Å²) in [6.45, 7) is 4.91. The summed E-state index contributed by atoms with van der Waals surface area (Å²) in [7, 11) is 0. The van der Waals surface area contributed by atoms with Crippen molar-refractivity contribution in [1.29, 1.82) is 0 Å². The van der Waals surface area contributed by atoms with E-state index in [2.05, 4.69) is 46.1 Å². The highest BCUT2D eigenvalue weighted by Gasteiger charge is 2.19. The molecule has 33 heavy (non-hydrogen) atoms. The summed E-state index contributed by atoms with van der Waals surface area (Å²) < 4.78 is 22.1. The fourth-order valence-corrected chi connectivity index (χ4v) is 3.56. The van der Waals surface area contributed by atoms with E-state index in [1.807, 2.05) is 12.3 Å². The summed E-state index contributed by atoms with van der Waals surface area (Å²) in [4.78, 5) is 24.7. The predicted octanol–water partition coefficient (Wildman–Crippen LogP) is 2.21. The number of pyridine rings is 1. The van der Waals surface area contributed by atoms with E-state index in [4.69, 9.17) is 33.8 Å². The van der Waals surface area contributed by atoms with Gasteiger partial charge in [-0.3, -0.25) is 4.98 Å². The third-order valence-electron chi connectivity index (χ3n) is 5.11. The summed E-state index contributed by atoms with van der Waals surface area (Å²) >= 11 is -0.750. The van der Waals surface area contributed by atoms with Gasteiger partial charge in [0.25, 0.3) is 0 Å². The molecule has 4 aromatic rings. The minimum absolute atomic E-state index is 0.219. The number of nitrogens with two attached hydrogens (primary N) is 1. The fourth-order valence-electron chi connectivity index (χ4n) is 3.56. The van der Waals surface area contributed by atoms with Crippen LogP contribution in [0.25, 0.3) is 33.5 Å². The van der Waals surface area contributed by atoms with E-state index < -0.39 is 11.6 Å². The number of aryl methyl sites for hydroxylation is 1. The van der Waals surface area contributed by atoms with E-state index in [0.717, 1.165) is 41.1 Å². The maximum atomic E-state index is 8.29. The molecule has 1 aliphatic heterocycles. The number of aromatic nitrogens is 5. The van der Waals surface area contributed by atoms with Gasteiger partial charge < -0.3 is 15.4 Å². The molecular formula is C22H21N7O3S. The second-order valence-corrected chi connectivity index (χ2v) is 7.47. The Hall–Kier alpha value is -3.83. The van der Waals surface area contributed by atoms with Crippen LogP contribution in [-0.4, -0.2) is 59.6 Å². The Morgan fingerprint density at radius 3 is 2.33 bits per heavy atom. The molecular weight excluding hydrogens is 442 g/mol. The van der Waals surface area contributed by atoms with Gasteiger partial charge in [-0.1, -0.05) is 29.8 Å². The summed E-state index contributed by atoms with van der Waals surface area (Å²) in [6, 6.07) is 10.4. The number of morpholine rings is 1. The van der Waals surface area contributed by atoms with Gasteiger partial charge in [-0.2, -0.15) is 8.42 Å². The molecule has 0 amide bonds. The molecule has 1 aromatic carbocycles. The van der Waals surface area contributed by atoms with Crippen molar-refractivity contribution in [3.05, 3.63) is 54.5 Å². The molecule has 3 aromatic heterocycles. The Labute approximate surface area is 193 Å². The first-order chi connectivity index (χ1) is 16.1. The maximum absolute atomic E-state index is 8.29. The molecule has 4 heterocycles. The van der Waals surface area contributed by atoms with Crippen LogP contribution in [0.1, 0.15) is 5.56 Å². The van der Waals surface area contributed by atoms with Crippen molar-refractivity contribution >= 4 is 34.4 Å².